The minimum atomic E-state index is 0.645. The standard InChI is InChI=1S/C39H28N2O2.2C2H6/c1-2-8-30(9-3-1)42-31-19-14-26(15-20-31)38-34-10-4-6-12-36(34)41-39(35-11-5-7-13-37(35)40-38)27-16-21-32(22-17-27)43-33-23-18-28-24-29(28)25-33;2*1-2/h1-23,25,28-29H,24H2;2*1-2H3. The molecule has 1 fully saturated rings. The molecule has 0 aromatic heterocycles. The van der Waals surface area contributed by atoms with Gasteiger partial charge >= 0.3 is 0 Å². The highest BCUT2D eigenvalue weighted by Gasteiger charge is 2.35. The molecule has 47 heavy (non-hydrogen) atoms. The summed E-state index contributed by atoms with van der Waals surface area (Å²) < 4.78 is 12.2. The Morgan fingerprint density at radius 2 is 0.957 bits per heavy atom. The highest BCUT2D eigenvalue weighted by Crippen LogP contribution is 2.44. The summed E-state index contributed by atoms with van der Waals surface area (Å²) in [5, 5.41) is 0. The molecule has 1 aliphatic heterocycles. The summed E-state index contributed by atoms with van der Waals surface area (Å²) in [6, 6.07) is 42.5. The van der Waals surface area contributed by atoms with Crippen LogP contribution in [0.5, 0.6) is 17.2 Å². The van der Waals surface area contributed by atoms with E-state index in [9.17, 15) is 0 Å². The summed E-state index contributed by atoms with van der Waals surface area (Å²) in [5.41, 5.74) is 7.43. The molecule has 1 saturated carbocycles. The van der Waals surface area contributed by atoms with Crippen LogP contribution >= 0.6 is 0 Å². The van der Waals surface area contributed by atoms with Gasteiger partial charge in [-0.15, -0.1) is 0 Å². The fourth-order valence-electron chi connectivity index (χ4n) is 5.67. The Morgan fingerprint density at radius 3 is 1.49 bits per heavy atom. The van der Waals surface area contributed by atoms with Crippen molar-refractivity contribution in [2.75, 3.05) is 0 Å². The monoisotopic (exact) mass is 616 g/mol. The molecule has 2 aliphatic carbocycles. The van der Waals surface area contributed by atoms with Gasteiger partial charge in [-0.1, -0.05) is 88.4 Å². The predicted molar refractivity (Wildman–Crippen MR) is 195 cm³/mol. The van der Waals surface area contributed by atoms with E-state index in [0.717, 1.165) is 68.1 Å². The summed E-state index contributed by atoms with van der Waals surface area (Å²) in [6.45, 7) is 8.00. The van der Waals surface area contributed by atoms with Gasteiger partial charge in [0.1, 0.15) is 23.0 Å². The van der Waals surface area contributed by atoms with E-state index in [1.165, 1.54) is 6.42 Å². The number of hydrogen-bond donors (Lipinski definition) is 0. The van der Waals surface area contributed by atoms with Crippen molar-refractivity contribution < 1.29 is 9.47 Å². The van der Waals surface area contributed by atoms with Gasteiger partial charge in [-0.05, 0) is 103 Å². The van der Waals surface area contributed by atoms with E-state index < -0.39 is 0 Å². The zero-order chi connectivity index (χ0) is 32.6. The van der Waals surface area contributed by atoms with Crippen molar-refractivity contribution in [3.63, 3.8) is 0 Å². The number of aliphatic imine (C=N–C) groups is 2. The van der Waals surface area contributed by atoms with Gasteiger partial charge in [-0.2, -0.15) is 0 Å². The molecule has 5 aromatic carbocycles. The fourth-order valence-corrected chi connectivity index (χ4v) is 5.67. The van der Waals surface area contributed by atoms with E-state index >= 15 is 0 Å². The predicted octanol–water partition coefficient (Wildman–Crippen LogP) is 11.7. The van der Waals surface area contributed by atoms with Gasteiger partial charge < -0.3 is 9.47 Å². The van der Waals surface area contributed by atoms with Crippen LogP contribution < -0.4 is 9.47 Å². The van der Waals surface area contributed by atoms with Gasteiger partial charge in [0.05, 0.1) is 22.8 Å². The second-order valence-corrected chi connectivity index (χ2v) is 11.0. The lowest BCUT2D eigenvalue weighted by Crippen LogP contribution is -2.10. The van der Waals surface area contributed by atoms with Crippen LogP contribution in [-0.2, 0) is 0 Å². The van der Waals surface area contributed by atoms with Crippen LogP contribution in [0.25, 0.3) is 0 Å². The molecule has 2 atom stereocenters. The van der Waals surface area contributed by atoms with Crippen molar-refractivity contribution in [1.82, 2.24) is 0 Å². The number of hydrogen-bond acceptors (Lipinski definition) is 4. The largest absolute Gasteiger partial charge is 0.458 e. The minimum Gasteiger partial charge on any atom is -0.458 e. The first-order chi connectivity index (χ1) is 23.3. The second-order valence-electron chi connectivity index (χ2n) is 11.0. The molecule has 234 valence electrons. The molecule has 0 saturated heterocycles. The van der Waals surface area contributed by atoms with Gasteiger partial charge in [0.15, 0.2) is 0 Å². The van der Waals surface area contributed by atoms with Crippen molar-refractivity contribution in [3.05, 3.63) is 174 Å². The molecule has 5 aromatic rings. The molecule has 4 heteroatoms. The van der Waals surface area contributed by atoms with Gasteiger partial charge in [0.25, 0.3) is 0 Å². The van der Waals surface area contributed by atoms with Gasteiger partial charge in [0, 0.05) is 22.3 Å². The lowest BCUT2D eigenvalue weighted by Gasteiger charge is -2.18. The molecule has 8 rings (SSSR count). The van der Waals surface area contributed by atoms with E-state index in [1.807, 2.05) is 107 Å². The number of allylic oxidation sites excluding steroid dienone is 3. The average Bonchev–Trinajstić information content (AvgIpc) is 3.92. The van der Waals surface area contributed by atoms with Crippen LogP contribution in [-0.4, -0.2) is 11.4 Å². The highest BCUT2D eigenvalue weighted by atomic mass is 16.5. The Kier molecular flexibility index (Phi) is 9.88. The van der Waals surface area contributed by atoms with Crippen molar-refractivity contribution in [3.8, 4) is 17.2 Å². The molecule has 0 radical (unpaired) electrons. The lowest BCUT2D eigenvalue weighted by atomic mass is 9.96. The number of rotatable bonds is 6. The van der Waals surface area contributed by atoms with Crippen LogP contribution in [0.1, 0.15) is 56.4 Å². The van der Waals surface area contributed by atoms with Crippen LogP contribution in [0.15, 0.2) is 161 Å². The first-order valence-electron chi connectivity index (χ1n) is 16.6. The molecule has 3 aliphatic rings. The maximum absolute atomic E-state index is 6.17. The third-order valence-corrected chi connectivity index (χ3v) is 8.03. The summed E-state index contributed by atoms with van der Waals surface area (Å²) >= 11 is 0. The van der Waals surface area contributed by atoms with Crippen molar-refractivity contribution in [2.45, 2.75) is 34.1 Å². The Labute approximate surface area is 278 Å². The summed E-state index contributed by atoms with van der Waals surface area (Å²) in [7, 11) is 0. The number of benzene rings is 5. The molecule has 0 spiro atoms. The number of nitrogens with zero attached hydrogens (tertiary/aromatic N) is 2. The van der Waals surface area contributed by atoms with Gasteiger partial charge in [0.2, 0.25) is 0 Å². The molecular weight excluding hydrogens is 576 g/mol. The van der Waals surface area contributed by atoms with Crippen LogP contribution in [0, 0.1) is 11.8 Å². The smallest absolute Gasteiger partial charge is 0.127 e. The first-order valence-corrected chi connectivity index (χ1v) is 16.6. The van der Waals surface area contributed by atoms with Crippen molar-refractivity contribution in [2.24, 2.45) is 21.8 Å². The topological polar surface area (TPSA) is 43.2 Å². The Balaban J connectivity index is 0.000000932. The molecule has 4 nitrogen and oxygen atoms in total. The Hall–Kier alpha value is -5.48. The lowest BCUT2D eigenvalue weighted by molar-refractivity contribution is 0.438. The number of ether oxygens (including phenoxy) is 2. The number of para-hydroxylation sites is 3. The Bertz CT molecular complexity index is 1930. The molecule has 0 bridgehead atoms. The summed E-state index contributed by atoms with van der Waals surface area (Å²) in [4.78, 5) is 10.5. The molecular formula is C43H40N2O2. The zero-order valence-corrected chi connectivity index (χ0v) is 27.4. The van der Waals surface area contributed by atoms with E-state index in [-0.39, 0.29) is 0 Å². The van der Waals surface area contributed by atoms with Crippen molar-refractivity contribution >= 4 is 22.8 Å². The van der Waals surface area contributed by atoms with Crippen LogP contribution in [0.3, 0.4) is 0 Å². The van der Waals surface area contributed by atoms with E-state index in [1.54, 1.807) is 0 Å². The highest BCUT2D eigenvalue weighted by molar-refractivity contribution is 6.22. The first kappa shape index (κ1) is 31.5. The van der Waals surface area contributed by atoms with Crippen molar-refractivity contribution in [1.29, 1.82) is 0 Å². The zero-order valence-electron chi connectivity index (χ0n) is 27.4. The van der Waals surface area contributed by atoms with Gasteiger partial charge in [-0.25, -0.2) is 9.98 Å². The molecule has 1 heterocycles. The number of fused-ring (bicyclic) bond motifs is 3. The third kappa shape index (κ3) is 7.18. The van der Waals surface area contributed by atoms with E-state index in [4.69, 9.17) is 19.5 Å². The molecule has 0 N–H and O–H groups in total. The quantitative estimate of drug-likeness (QED) is 0.187. The SMILES string of the molecule is C1=CC2CC2C=C1Oc1ccc(C2=Nc3ccccc3C(c3ccc(Oc4ccccc4)cc3)=Nc3ccccc32)cc1.CC.CC. The Morgan fingerprint density at radius 1 is 0.489 bits per heavy atom. The van der Waals surface area contributed by atoms with Crippen LogP contribution in [0.4, 0.5) is 11.4 Å². The second kappa shape index (κ2) is 14.7. The fraction of sp³-hybridized carbons (Fsp3) is 0.163. The maximum Gasteiger partial charge on any atom is 0.127 e. The molecule has 0 amide bonds. The summed E-state index contributed by atoms with van der Waals surface area (Å²) in [5.74, 6) is 4.68. The normalized spacial score (nSPS) is 16.7. The van der Waals surface area contributed by atoms with E-state index in [0.29, 0.717) is 11.8 Å². The minimum absolute atomic E-state index is 0.645. The summed E-state index contributed by atoms with van der Waals surface area (Å²) in [6.07, 6.45) is 7.83. The van der Waals surface area contributed by atoms with Gasteiger partial charge in [-0.3, -0.25) is 0 Å². The maximum atomic E-state index is 6.17. The van der Waals surface area contributed by atoms with Crippen LogP contribution in [0.2, 0.25) is 0 Å². The molecule has 2 unspecified atom stereocenters. The average molecular weight is 617 g/mol. The van der Waals surface area contributed by atoms with E-state index in [2.05, 4.69) is 66.8 Å². The third-order valence-electron chi connectivity index (χ3n) is 8.03.